The second-order valence-corrected chi connectivity index (χ2v) is 5.77. The van der Waals surface area contributed by atoms with Gasteiger partial charge in [0.05, 0.1) is 26.9 Å². The second kappa shape index (κ2) is 7.49. The monoisotopic (exact) mass is 307 g/mol. The van der Waals surface area contributed by atoms with Crippen molar-refractivity contribution in [3.05, 3.63) is 23.8 Å². The van der Waals surface area contributed by atoms with Gasteiger partial charge in [0.15, 0.2) is 0 Å². The zero-order valence-corrected chi connectivity index (χ0v) is 13.8. The van der Waals surface area contributed by atoms with Crippen LogP contribution in [0.5, 0.6) is 11.5 Å². The molecule has 0 aliphatic carbocycles. The smallest absolute Gasteiger partial charge is 0.320 e. The Morgan fingerprint density at radius 2 is 2.09 bits per heavy atom. The van der Waals surface area contributed by atoms with Crippen molar-refractivity contribution in [1.82, 2.24) is 4.90 Å². The van der Waals surface area contributed by atoms with Crippen molar-refractivity contribution in [3.63, 3.8) is 0 Å². The number of carbonyl (C=O) groups excluding carboxylic acids is 1. The number of rotatable bonds is 6. The number of likely N-dealkylation sites (tertiary alicyclic amines) is 1. The van der Waals surface area contributed by atoms with Gasteiger partial charge in [-0.05, 0) is 51.4 Å². The molecule has 0 radical (unpaired) electrons. The summed E-state index contributed by atoms with van der Waals surface area (Å²) >= 11 is 0. The molecule has 1 fully saturated rings. The van der Waals surface area contributed by atoms with E-state index in [2.05, 4.69) is 4.90 Å². The lowest BCUT2D eigenvalue weighted by molar-refractivity contribution is -0.148. The molecular weight excluding hydrogens is 282 g/mol. The van der Waals surface area contributed by atoms with Crippen molar-refractivity contribution in [1.29, 1.82) is 0 Å². The molecule has 0 amide bonds. The number of esters is 1. The van der Waals surface area contributed by atoms with Crippen LogP contribution in [0.3, 0.4) is 0 Å². The number of hydrogen-bond donors (Lipinski definition) is 0. The van der Waals surface area contributed by atoms with Gasteiger partial charge in [0.2, 0.25) is 0 Å². The van der Waals surface area contributed by atoms with Crippen molar-refractivity contribution in [2.24, 2.45) is 0 Å². The van der Waals surface area contributed by atoms with Crippen LogP contribution in [0.15, 0.2) is 18.2 Å². The zero-order valence-electron chi connectivity index (χ0n) is 13.8. The van der Waals surface area contributed by atoms with Gasteiger partial charge in [0.25, 0.3) is 0 Å². The van der Waals surface area contributed by atoms with Crippen LogP contribution in [0.1, 0.15) is 38.3 Å². The lowest BCUT2D eigenvalue weighted by Gasteiger charge is -2.26. The average molecular weight is 307 g/mol. The molecular formula is C17H25NO4. The van der Waals surface area contributed by atoms with Crippen LogP contribution >= 0.6 is 0 Å². The molecule has 1 aromatic rings. The van der Waals surface area contributed by atoms with Gasteiger partial charge in [-0.25, -0.2) is 0 Å². The molecule has 2 rings (SSSR count). The Kier molecular flexibility index (Phi) is 5.66. The van der Waals surface area contributed by atoms with Crippen LogP contribution in [0.2, 0.25) is 0 Å². The van der Waals surface area contributed by atoms with Crippen LogP contribution < -0.4 is 9.47 Å². The van der Waals surface area contributed by atoms with E-state index in [1.165, 1.54) is 0 Å². The fourth-order valence-corrected chi connectivity index (χ4v) is 2.93. The first kappa shape index (κ1) is 16.6. The molecule has 1 atom stereocenters. The van der Waals surface area contributed by atoms with Gasteiger partial charge < -0.3 is 14.2 Å². The van der Waals surface area contributed by atoms with E-state index in [-0.39, 0.29) is 18.1 Å². The summed E-state index contributed by atoms with van der Waals surface area (Å²) in [6.07, 6.45) is 1.97. The second-order valence-electron chi connectivity index (χ2n) is 5.77. The fourth-order valence-electron chi connectivity index (χ4n) is 2.93. The summed E-state index contributed by atoms with van der Waals surface area (Å²) in [6.45, 7) is 4.93. The molecule has 1 heterocycles. The van der Waals surface area contributed by atoms with E-state index in [1.54, 1.807) is 14.2 Å². The van der Waals surface area contributed by atoms with Gasteiger partial charge in [0, 0.05) is 11.6 Å². The Bertz CT molecular complexity index is 515. The minimum atomic E-state index is -0.177. The highest BCUT2D eigenvalue weighted by Gasteiger charge is 2.30. The molecule has 5 nitrogen and oxygen atoms in total. The van der Waals surface area contributed by atoms with Gasteiger partial charge in [0.1, 0.15) is 11.5 Å². The third-order valence-corrected chi connectivity index (χ3v) is 3.86. The molecule has 0 saturated carbocycles. The van der Waals surface area contributed by atoms with Gasteiger partial charge in [-0.3, -0.25) is 9.69 Å². The highest BCUT2D eigenvalue weighted by atomic mass is 16.5. The Morgan fingerprint density at radius 3 is 2.73 bits per heavy atom. The molecule has 0 N–H and O–H groups in total. The van der Waals surface area contributed by atoms with Gasteiger partial charge >= 0.3 is 5.97 Å². The predicted molar refractivity (Wildman–Crippen MR) is 84.3 cm³/mol. The van der Waals surface area contributed by atoms with Crippen molar-refractivity contribution < 1.29 is 19.0 Å². The normalized spacial score (nSPS) is 18.5. The Hall–Kier alpha value is -1.75. The van der Waals surface area contributed by atoms with Crippen molar-refractivity contribution >= 4 is 5.97 Å². The average Bonchev–Trinajstić information content (AvgIpc) is 2.93. The summed E-state index contributed by atoms with van der Waals surface area (Å²) in [7, 11) is 3.32. The van der Waals surface area contributed by atoms with Crippen LogP contribution in [0.4, 0.5) is 0 Å². The summed E-state index contributed by atoms with van der Waals surface area (Å²) in [5.74, 6) is 1.45. The first-order chi connectivity index (χ1) is 10.5. The molecule has 0 spiro atoms. The highest BCUT2D eigenvalue weighted by molar-refractivity contribution is 5.72. The number of ether oxygens (including phenoxy) is 3. The first-order valence-electron chi connectivity index (χ1n) is 7.70. The number of carbonyl (C=O) groups is 1. The summed E-state index contributed by atoms with van der Waals surface area (Å²) in [6, 6.07) is 5.95. The molecule has 0 aromatic heterocycles. The Balaban J connectivity index is 2.17. The van der Waals surface area contributed by atoms with Crippen LogP contribution in [0.25, 0.3) is 0 Å². The largest absolute Gasteiger partial charge is 0.497 e. The van der Waals surface area contributed by atoms with Gasteiger partial charge in [-0.2, -0.15) is 0 Å². The molecule has 1 aromatic carbocycles. The third-order valence-electron chi connectivity index (χ3n) is 3.86. The Morgan fingerprint density at radius 1 is 1.32 bits per heavy atom. The molecule has 1 aliphatic rings. The number of methoxy groups -OCH3 is 2. The standard InChI is InChI=1S/C17H25NO4/c1-12(2)22-17(19)11-18-9-5-6-15(18)14-10-13(20-3)7-8-16(14)21-4/h7-8,10,12,15H,5-6,9,11H2,1-4H3. The molecule has 122 valence electrons. The SMILES string of the molecule is COc1ccc(OC)c(C2CCCN2CC(=O)OC(C)C)c1. The summed E-state index contributed by atoms with van der Waals surface area (Å²) < 4.78 is 16.1. The summed E-state index contributed by atoms with van der Waals surface area (Å²) in [4.78, 5) is 14.1. The minimum Gasteiger partial charge on any atom is -0.497 e. The minimum absolute atomic E-state index is 0.0834. The van der Waals surface area contributed by atoms with E-state index in [4.69, 9.17) is 14.2 Å². The fraction of sp³-hybridized carbons (Fsp3) is 0.588. The molecule has 1 aliphatic heterocycles. The van der Waals surface area contributed by atoms with E-state index < -0.39 is 0 Å². The molecule has 1 saturated heterocycles. The van der Waals surface area contributed by atoms with E-state index in [0.717, 1.165) is 36.4 Å². The Labute approximate surface area is 132 Å². The summed E-state index contributed by atoms with van der Waals surface area (Å²) in [5, 5.41) is 0. The third kappa shape index (κ3) is 3.91. The maximum Gasteiger partial charge on any atom is 0.320 e. The van der Waals surface area contributed by atoms with Crippen LogP contribution in [-0.4, -0.2) is 44.3 Å². The molecule has 1 unspecified atom stereocenters. The number of benzene rings is 1. The predicted octanol–water partition coefficient (Wildman–Crippen LogP) is 2.79. The first-order valence-corrected chi connectivity index (χ1v) is 7.70. The van der Waals surface area contributed by atoms with E-state index in [0.29, 0.717) is 6.54 Å². The van der Waals surface area contributed by atoms with Crippen LogP contribution in [0, 0.1) is 0 Å². The lowest BCUT2D eigenvalue weighted by Crippen LogP contribution is -2.32. The lowest BCUT2D eigenvalue weighted by atomic mass is 10.0. The molecule has 0 bridgehead atoms. The molecule has 5 heteroatoms. The number of hydrogen-bond acceptors (Lipinski definition) is 5. The maximum absolute atomic E-state index is 11.9. The zero-order chi connectivity index (χ0) is 16.1. The van der Waals surface area contributed by atoms with Crippen molar-refractivity contribution in [3.8, 4) is 11.5 Å². The van der Waals surface area contributed by atoms with Gasteiger partial charge in [-0.15, -0.1) is 0 Å². The topological polar surface area (TPSA) is 48.0 Å². The number of nitrogens with zero attached hydrogens (tertiary/aromatic N) is 1. The van der Waals surface area contributed by atoms with Gasteiger partial charge in [-0.1, -0.05) is 0 Å². The maximum atomic E-state index is 11.9. The summed E-state index contributed by atoms with van der Waals surface area (Å²) in [5.41, 5.74) is 1.07. The van der Waals surface area contributed by atoms with E-state index in [1.807, 2.05) is 32.0 Å². The van der Waals surface area contributed by atoms with Crippen molar-refractivity contribution in [2.45, 2.75) is 38.8 Å². The van der Waals surface area contributed by atoms with E-state index >= 15 is 0 Å². The molecule has 22 heavy (non-hydrogen) atoms. The van der Waals surface area contributed by atoms with E-state index in [9.17, 15) is 4.79 Å². The van der Waals surface area contributed by atoms with Crippen molar-refractivity contribution in [2.75, 3.05) is 27.3 Å². The van der Waals surface area contributed by atoms with Crippen LogP contribution in [-0.2, 0) is 9.53 Å². The quantitative estimate of drug-likeness (QED) is 0.756. The highest BCUT2D eigenvalue weighted by Crippen LogP contribution is 2.38.